The molecular formula is C12H21NO6. The Morgan fingerprint density at radius 2 is 1.63 bits per heavy atom. The predicted molar refractivity (Wildman–Crippen MR) is 66.4 cm³/mol. The standard InChI is InChI=1S/C12H21NO6/c1-6-18-9(14)8(13-11(16)19-7-2)12(3,4)10(15)17-5/h8H,6-7H2,1-5H3,(H,13,16). The Kier molecular flexibility index (Phi) is 6.89. The fraction of sp³-hybridized carbons (Fsp3) is 0.750. The van der Waals surface area contributed by atoms with Crippen LogP contribution in [0.15, 0.2) is 0 Å². The molecule has 0 aliphatic carbocycles. The van der Waals surface area contributed by atoms with Gasteiger partial charge in [-0.15, -0.1) is 0 Å². The van der Waals surface area contributed by atoms with Gasteiger partial charge in [-0.2, -0.15) is 0 Å². The molecule has 0 bridgehead atoms. The number of ether oxygens (including phenoxy) is 3. The van der Waals surface area contributed by atoms with Gasteiger partial charge in [-0.25, -0.2) is 9.59 Å². The number of hydrogen-bond acceptors (Lipinski definition) is 6. The van der Waals surface area contributed by atoms with E-state index in [4.69, 9.17) is 9.47 Å². The van der Waals surface area contributed by atoms with Crippen LogP contribution in [0.4, 0.5) is 4.79 Å². The molecule has 0 fully saturated rings. The summed E-state index contributed by atoms with van der Waals surface area (Å²) in [5.41, 5.74) is -1.27. The fourth-order valence-corrected chi connectivity index (χ4v) is 1.43. The van der Waals surface area contributed by atoms with Crippen LogP contribution in [0.5, 0.6) is 0 Å². The topological polar surface area (TPSA) is 90.9 Å². The molecule has 1 amide bonds. The van der Waals surface area contributed by atoms with Gasteiger partial charge in [0.1, 0.15) is 6.04 Å². The van der Waals surface area contributed by atoms with Crippen molar-refractivity contribution in [3.05, 3.63) is 0 Å². The zero-order valence-electron chi connectivity index (χ0n) is 11.9. The van der Waals surface area contributed by atoms with Crippen molar-refractivity contribution < 1.29 is 28.6 Å². The molecule has 0 aromatic rings. The average molecular weight is 275 g/mol. The summed E-state index contributed by atoms with van der Waals surface area (Å²) in [6, 6.07) is -1.18. The van der Waals surface area contributed by atoms with E-state index in [9.17, 15) is 14.4 Å². The quantitative estimate of drug-likeness (QED) is 0.571. The van der Waals surface area contributed by atoms with Gasteiger partial charge in [0.05, 0.1) is 25.7 Å². The molecule has 0 rings (SSSR count). The summed E-state index contributed by atoms with van der Waals surface area (Å²) in [6.45, 7) is 6.51. The second-order valence-electron chi connectivity index (χ2n) is 4.26. The van der Waals surface area contributed by atoms with E-state index >= 15 is 0 Å². The Bertz CT molecular complexity index is 339. The molecule has 0 saturated carbocycles. The molecule has 1 atom stereocenters. The number of rotatable bonds is 6. The van der Waals surface area contributed by atoms with Gasteiger partial charge in [-0.1, -0.05) is 0 Å². The van der Waals surface area contributed by atoms with Gasteiger partial charge in [0.15, 0.2) is 0 Å². The van der Waals surface area contributed by atoms with E-state index in [1.807, 2.05) is 0 Å². The molecule has 1 unspecified atom stereocenters. The SMILES string of the molecule is CCOC(=O)NC(C(=O)OCC)C(C)(C)C(=O)OC. The van der Waals surface area contributed by atoms with Crippen molar-refractivity contribution >= 4 is 18.0 Å². The maximum absolute atomic E-state index is 11.8. The lowest BCUT2D eigenvalue weighted by Gasteiger charge is -2.30. The van der Waals surface area contributed by atoms with Gasteiger partial charge < -0.3 is 19.5 Å². The van der Waals surface area contributed by atoms with E-state index < -0.39 is 29.5 Å². The van der Waals surface area contributed by atoms with Gasteiger partial charge in [-0.05, 0) is 27.7 Å². The molecule has 19 heavy (non-hydrogen) atoms. The molecule has 110 valence electrons. The lowest BCUT2D eigenvalue weighted by Crippen LogP contribution is -2.54. The molecule has 0 spiro atoms. The number of esters is 2. The number of carbonyl (C=O) groups excluding carboxylic acids is 3. The highest BCUT2D eigenvalue weighted by Crippen LogP contribution is 2.23. The van der Waals surface area contributed by atoms with Crippen LogP contribution in [0.25, 0.3) is 0 Å². The maximum Gasteiger partial charge on any atom is 0.407 e. The maximum atomic E-state index is 11.8. The van der Waals surface area contributed by atoms with Crippen molar-refractivity contribution in [2.75, 3.05) is 20.3 Å². The van der Waals surface area contributed by atoms with Crippen molar-refractivity contribution in [2.45, 2.75) is 33.7 Å². The van der Waals surface area contributed by atoms with Crippen molar-refractivity contribution in [2.24, 2.45) is 5.41 Å². The number of alkyl carbamates (subject to hydrolysis) is 1. The molecule has 0 heterocycles. The first-order chi connectivity index (χ1) is 8.81. The normalized spacial score (nSPS) is 12.3. The largest absolute Gasteiger partial charge is 0.469 e. The van der Waals surface area contributed by atoms with Gasteiger partial charge in [0.25, 0.3) is 0 Å². The van der Waals surface area contributed by atoms with Gasteiger partial charge in [-0.3, -0.25) is 4.79 Å². The van der Waals surface area contributed by atoms with E-state index in [0.717, 1.165) is 0 Å². The zero-order valence-corrected chi connectivity index (χ0v) is 11.9. The fourth-order valence-electron chi connectivity index (χ4n) is 1.43. The Morgan fingerprint density at radius 1 is 1.11 bits per heavy atom. The summed E-state index contributed by atoms with van der Waals surface area (Å²) in [5, 5.41) is 2.32. The zero-order chi connectivity index (χ0) is 15.1. The monoisotopic (exact) mass is 275 g/mol. The molecule has 0 saturated heterocycles. The summed E-state index contributed by atoms with van der Waals surface area (Å²) >= 11 is 0. The molecule has 0 aromatic carbocycles. The molecule has 0 aliphatic rings. The number of carbonyl (C=O) groups is 3. The first kappa shape index (κ1) is 17.2. The van der Waals surface area contributed by atoms with Crippen LogP contribution in [0, 0.1) is 5.41 Å². The first-order valence-corrected chi connectivity index (χ1v) is 5.99. The van der Waals surface area contributed by atoms with Crippen LogP contribution in [0.1, 0.15) is 27.7 Å². The van der Waals surface area contributed by atoms with Crippen LogP contribution in [-0.2, 0) is 23.8 Å². The Labute approximate surface area is 112 Å². The molecule has 7 nitrogen and oxygen atoms in total. The van der Waals surface area contributed by atoms with Gasteiger partial charge >= 0.3 is 18.0 Å². The van der Waals surface area contributed by atoms with E-state index in [-0.39, 0.29) is 13.2 Å². The number of hydrogen-bond donors (Lipinski definition) is 1. The van der Waals surface area contributed by atoms with E-state index in [1.165, 1.54) is 21.0 Å². The predicted octanol–water partition coefficient (Wildman–Crippen LogP) is 0.863. The van der Waals surface area contributed by atoms with Crippen molar-refractivity contribution in [1.82, 2.24) is 5.32 Å². The molecule has 0 radical (unpaired) electrons. The second kappa shape index (κ2) is 7.60. The summed E-state index contributed by atoms with van der Waals surface area (Å²) in [6.07, 6.45) is -0.794. The minimum Gasteiger partial charge on any atom is -0.469 e. The highest BCUT2D eigenvalue weighted by Gasteiger charge is 2.44. The van der Waals surface area contributed by atoms with Crippen molar-refractivity contribution in [1.29, 1.82) is 0 Å². The van der Waals surface area contributed by atoms with Crippen LogP contribution >= 0.6 is 0 Å². The third-order valence-corrected chi connectivity index (χ3v) is 2.49. The highest BCUT2D eigenvalue weighted by atomic mass is 16.6. The molecule has 1 N–H and O–H groups in total. The molecule has 0 aliphatic heterocycles. The third-order valence-electron chi connectivity index (χ3n) is 2.49. The molecule has 7 heteroatoms. The number of nitrogens with one attached hydrogen (secondary N) is 1. The van der Waals surface area contributed by atoms with E-state index in [0.29, 0.717) is 0 Å². The van der Waals surface area contributed by atoms with Crippen LogP contribution in [-0.4, -0.2) is 44.4 Å². The van der Waals surface area contributed by atoms with Gasteiger partial charge in [0, 0.05) is 0 Å². The lowest BCUT2D eigenvalue weighted by atomic mass is 9.84. The minimum absolute atomic E-state index is 0.136. The van der Waals surface area contributed by atoms with Crippen LogP contribution < -0.4 is 5.32 Å². The number of amides is 1. The third kappa shape index (κ3) is 4.76. The molecular weight excluding hydrogens is 254 g/mol. The summed E-state index contributed by atoms with van der Waals surface area (Å²) in [7, 11) is 1.21. The van der Waals surface area contributed by atoms with Crippen LogP contribution in [0.2, 0.25) is 0 Å². The van der Waals surface area contributed by atoms with Crippen LogP contribution in [0.3, 0.4) is 0 Å². The summed E-state index contributed by atoms with van der Waals surface area (Å²) < 4.78 is 14.2. The summed E-state index contributed by atoms with van der Waals surface area (Å²) in [5.74, 6) is -1.35. The van der Waals surface area contributed by atoms with Gasteiger partial charge in [0.2, 0.25) is 0 Å². The first-order valence-electron chi connectivity index (χ1n) is 5.99. The summed E-state index contributed by atoms with van der Waals surface area (Å²) in [4.78, 5) is 35.0. The van der Waals surface area contributed by atoms with Crippen molar-refractivity contribution in [3.63, 3.8) is 0 Å². The Balaban J connectivity index is 5.10. The van der Waals surface area contributed by atoms with E-state index in [2.05, 4.69) is 10.1 Å². The molecule has 0 aromatic heterocycles. The minimum atomic E-state index is -1.27. The highest BCUT2D eigenvalue weighted by molar-refractivity contribution is 5.89. The Morgan fingerprint density at radius 3 is 2.05 bits per heavy atom. The number of methoxy groups -OCH3 is 1. The Hall–Kier alpha value is -1.79. The van der Waals surface area contributed by atoms with Crippen molar-refractivity contribution in [3.8, 4) is 0 Å². The average Bonchev–Trinajstić information content (AvgIpc) is 2.35. The van der Waals surface area contributed by atoms with E-state index in [1.54, 1.807) is 13.8 Å². The second-order valence-corrected chi connectivity index (χ2v) is 4.26. The lowest BCUT2D eigenvalue weighted by molar-refractivity contribution is -0.161. The smallest absolute Gasteiger partial charge is 0.407 e.